The van der Waals surface area contributed by atoms with E-state index in [1.807, 2.05) is 6.92 Å². The van der Waals surface area contributed by atoms with Crippen LogP contribution in [0, 0.1) is 18.8 Å². The maximum Gasteiger partial charge on any atom is 0.233 e. The molecular formula is C17H23NOS. The number of amides is 1. The van der Waals surface area contributed by atoms with Crippen LogP contribution in [0.4, 0.5) is 0 Å². The molecule has 0 heterocycles. The fourth-order valence-corrected chi connectivity index (χ4v) is 4.47. The summed E-state index contributed by atoms with van der Waals surface area (Å²) in [7, 11) is 0. The molecule has 0 saturated heterocycles. The van der Waals surface area contributed by atoms with E-state index in [0.29, 0.717) is 6.04 Å². The van der Waals surface area contributed by atoms with Gasteiger partial charge in [0, 0.05) is 10.9 Å². The van der Waals surface area contributed by atoms with Crippen LogP contribution in [0.2, 0.25) is 0 Å². The van der Waals surface area contributed by atoms with Gasteiger partial charge < -0.3 is 5.32 Å². The molecule has 4 atom stereocenters. The molecule has 0 spiro atoms. The Morgan fingerprint density at radius 1 is 1.25 bits per heavy atom. The topological polar surface area (TPSA) is 29.1 Å². The number of aryl methyl sites for hydroxylation is 1. The summed E-state index contributed by atoms with van der Waals surface area (Å²) >= 11 is 1.65. The molecule has 0 aliphatic heterocycles. The monoisotopic (exact) mass is 289 g/mol. The molecule has 1 N–H and O–H groups in total. The van der Waals surface area contributed by atoms with Crippen LogP contribution < -0.4 is 5.32 Å². The van der Waals surface area contributed by atoms with Gasteiger partial charge in [0.25, 0.3) is 0 Å². The Balaban J connectivity index is 1.53. The summed E-state index contributed by atoms with van der Waals surface area (Å²) in [6, 6.07) is 8.84. The van der Waals surface area contributed by atoms with Gasteiger partial charge in [-0.2, -0.15) is 0 Å². The molecule has 108 valence electrons. The molecule has 2 saturated carbocycles. The van der Waals surface area contributed by atoms with Gasteiger partial charge in [-0.3, -0.25) is 4.79 Å². The number of benzene rings is 1. The molecule has 2 aliphatic carbocycles. The van der Waals surface area contributed by atoms with Crippen molar-refractivity contribution in [3.05, 3.63) is 29.8 Å². The Kier molecular flexibility index (Phi) is 4.06. The highest BCUT2D eigenvalue weighted by Crippen LogP contribution is 2.44. The number of carbonyl (C=O) groups is 1. The lowest BCUT2D eigenvalue weighted by molar-refractivity contribution is -0.121. The zero-order chi connectivity index (χ0) is 14.1. The lowest BCUT2D eigenvalue weighted by Gasteiger charge is -2.24. The third-order valence-corrected chi connectivity index (χ3v) is 5.88. The van der Waals surface area contributed by atoms with Crippen LogP contribution in [-0.2, 0) is 4.79 Å². The molecule has 2 aliphatic rings. The number of thioether (sulfide) groups is 1. The van der Waals surface area contributed by atoms with Crippen LogP contribution in [0.1, 0.15) is 38.2 Å². The minimum Gasteiger partial charge on any atom is -0.352 e. The molecule has 0 unspecified atom stereocenters. The summed E-state index contributed by atoms with van der Waals surface area (Å²) in [6.45, 7) is 4.09. The van der Waals surface area contributed by atoms with Crippen molar-refractivity contribution < 1.29 is 4.79 Å². The summed E-state index contributed by atoms with van der Waals surface area (Å²) < 4.78 is 0. The molecule has 2 fully saturated rings. The molecule has 1 aromatic carbocycles. The first kappa shape index (κ1) is 14.0. The van der Waals surface area contributed by atoms with Gasteiger partial charge in [0.15, 0.2) is 0 Å². The van der Waals surface area contributed by atoms with E-state index in [9.17, 15) is 4.79 Å². The van der Waals surface area contributed by atoms with E-state index in [4.69, 9.17) is 0 Å². The predicted molar refractivity (Wildman–Crippen MR) is 83.9 cm³/mol. The normalized spacial score (nSPS) is 29.4. The zero-order valence-electron chi connectivity index (χ0n) is 12.3. The van der Waals surface area contributed by atoms with E-state index in [1.54, 1.807) is 11.8 Å². The molecule has 0 radical (unpaired) electrons. The summed E-state index contributed by atoms with van der Waals surface area (Å²) in [5.41, 5.74) is 1.26. The van der Waals surface area contributed by atoms with Gasteiger partial charge in [0.1, 0.15) is 0 Å². The lowest BCUT2D eigenvalue weighted by atomic mass is 9.95. The average Bonchev–Trinajstić information content (AvgIpc) is 3.03. The van der Waals surface area contributed by atoms with Gasteiger partial charge in [0.05, 0.1) is 5.25 Å². The number of hydrogen-bond donors (Lipinski definition) is 1. The predicted octanol–water partition coefficient (Wildman–Crippen LogP) is 3.78. The number of nitrogens with one attached hydrogen (secondary N) is 1. The second kappa shape index (κ2) is 5.80. The van der Waals surface area contributed by atoms with Gasteiger partial charge >= 0.3 is 0 Å². The fourth-order valence-electron chi connectivity index (χ4n) is 3.60. The van der Waals surface area contributed by atoms with E-state index >= 15 is 0 Å². The van der Waals surface area contributed by atoms with Crippen molar-refractivity contribution in [3.63, 3.8) is 0 Å². The van der Waals surface area contributed by atoms with Crippen LogP contribution in [0.15, 0.2) is 29.2 Å². The minimum absolute atomic E-state index is 0.0168. The molecular weight excluding hydrogens is 266 g/mol. The van der Waals surface area contributed by atoms with Gasteiger partial charge in [-0.1, -0.05) is 24.1 Å². The van der Waals surface area contributed by atoms with E-state index in [2.05, 4.69) is 36.5 Å². The van der Waals surface area contributed by atoms with Gasteiger partial charge in [0.2, 0.25) is 5.91 Å². The second-order valence-electron chi connectivity index (χ2n) is 6.36. The largest absolute Gasteiger partial charge is 0.352 e. The first-order valence-electron chi connectivity index (χ1n) is 7.65. The van der Waals surface area contributed by atoms with Crippen molar-refractivity contribution in [2.45, 2.75) is 55.7 Å². The van der Waals surface area contributed by atoms with Crippen LogP contribution >= 0.6 is 11.8 Å². The number of carbonyl (C=O) groups excluding carboxylic acids is 1. The summed E-state index contributed by atoms with van der Waals surface area (Å²) in [5.74, 6) is 1.83. The molecule has 2 bridgehead atoms. The van der Waals surface area contributed by atoms with Crippen LogP contribution in [0.25, 0.3) is 0 Å². The van der Waals surface area contributed by atoms with Gasteiger partial charge in [-0.05, 0) is 57.1 Å². The third kappa shape index (κ3) is 3.03. The van der Waals surface area contributed by atoms with E-state index in [1.165, 1.54) is 36.1 Å². The third-order valence-electron chi connectivity index (χ3n) is 4.77. The Labute approximate surface area is 125 Å². The Morgan fingerprint density at radius 2 is 2.00 bits per heavy atom. The van der Waals surface area contributed by atoms with Crippen molar-refractivity contribution in [2.24, 2.45) is 11.8 Å². The lowest BCUT2D eigenvalue weighted by Crippen LogP contribution is -2.42. The highest BCUT2D eigenvalue weighted by molar-refractivity contribution is 8.00. The van der Waals surface area contributed by atoms with Crippen molar-refractivity contribution in [3.8, 4) is 0 Å². The van der Waals surface area contributed by atoms with Crippen LogP contribution in [-0.4, -0.2) is 17.2 Å². The smallest absolute Gasteiger partial charge is 0.233 e. The Bertz CT molecular complexity index is 484. The van der Waals surface area contributed by atoms with Gasteiger partial charge in [-0.15, -0.1) is 11.8 Å². The molecule has 3 rings (SSSR count). The minimum atomic E-state index is -0.0168. The maximum atomic E-state index is 12.3. The van der Waals surface area contributed by atoms with E-state index < -0.39 is 0 Å². The molecule has 1 amide bonds. The summed E-state index contributed by atoms with van der Waals surface area (Å²) in [6.07, 6.45) is 5.24. The molecule has 20 heavy (non-hydrogen) atoms. The quantitative estimate of drug-likeness (QED) is 0.855. The van der Waals surface area contributed by atoms with E-state index in [0.717, 1.165) is 11.8 Å². The highest BCUT2D eigenvalue weighted by Gasteiger charge is 2.40. The van der Waals surface area contributed by atoms with Crippen molar-refractivity contribution in [1.29, 1.82) is 0 Å². The van der Waals surface area contributed by atoms with Crippen molar-refractivity contribution in [1.82, 2.24) is 5.32 Å². The van der Waals surface area contributed by atoms with Crippen LogP contribution in [0.3, 0.4) is 0 Å². The summed E-state index contributed by atoms with van der Waals surface area (Å²) in [4.78, 5) is 13.5. The fraction of sp³-hybridized carbons (Fsp3) is 0.588. The first-order chi connectivity index (χ1) is 9.61. The van der Waals surface area contributed by atoms with E-state index in [-0.39, 0.29) is 11.2 Å². The van der Waals surface area contributed by atoms with Gasteiger partial charge in [-0.25, -0.2) is 0 Å². The van der Waals surface area contributed by atoms with Crippen molar-refractivity contribution in [2.75, 3.05) is 0 Å². The number of hydrogen-bond acceptors (Lipinski definition) is 2. The highest BCUT2D eigenvalue weighted by atomic mass is 32.2. The molecule has 3 heteroatoms. The Hall–Kier alpha value is -0.960. The standard InChI is InChI=1S/C17H23NOS/c1-11-3-7-15(8-4-11)20-12(2)17(19)18-16-10-13-5-6-14(16)9-13/h3-4,7-8,12-14,16H,5-6,9-10H2,1-2H3,(H,18,19)/t12-,13+,14+,16+/m0/s1. The zero-order valence-corrected chi connectivity index (χ0v) is 13.1. The second-order valence-corrected chi connectivity index (χ2v) is 7.78. The van der Waals surface area contributed by atoms with Crippen LogP contribution in [0.5, 0.6) is 0 Å². The SMILES string of the molecule is Cc1ccc(S[C@@H](C)C(=O)N[C@@H]2C[C@@H]3CC[C@@H]2C3)cc1. The Morgan fingerprint density at radius 3 is 2.60 bits per heavy atom. The van der Waals surface area contributed by atoms with Crippen molar-refractivity contribution >= 4 is 17.7 Å². The first-order valence-corrected chi connectivity index (χ1v) is 8.53. The maximum absolute atomic E-state index is 12.3. The average molecular weight is 289 g/mol. The molecule has 1 aromatic rings. The summed E-state index contributed by atoms with van der Waals surface area (Å²) in [5, 5.41) is 3.27. The number of fused-ring (bicyclic) bond motifs is 2. The number of rotatable bonds is 4. The molecule has 2 nitrogen and oxygen atoms in total. The molecule has 0 aromatic heterocycles.